The van der Waals surface area contributed by atoms with Gasteiger partial charge >= 0.3 is 0 Å². The van der Waals surface area contributed by atoms with Crippen LogP contribution in [0.3, 0.4) is 0 Å². The standard InChI is InChI=1S/C14H20O4/c1-14(2)17-10-13(12(8-15)18-14)16-9-11-6-4-3-5-7-11/h3-7,12-13,15H,8-10H2,1-2H3/t12-,13-/m0/s1. The van der Waals surface area contributed by atoms with E-state index in [2.05, 4.69) is 0 Å². The van der Waals surface area contributed by atoms with E-state index >= 15 is 0 Å². The summed E-state index contributed by atoms with van der Waals surface area (Å²) < 4.78 is 16.9. The zero-order valence-corrected chi connectivity index (χ0v) is 10.8. The molecule has 18 heavy (non-hydrogen) atoms. The quantitative estimate of drug-likeness (QED) is 0.886. The Labute approximate surface area is 107 Å². The van der Waals surface area contributed by atoms with Crippen molar-refractivity contribution < 1.29 is 19.3 Å². The van der Waals surface area contributed by atoms with Crippen molar-refractivity contribution >= 4 is 0 Å². The highest BCUT2D eigenvalue weighted by Gasteiger charge is 2.36. The number of rotatable bonds is 4. The summed E-state index contributed by atoms with van der Waals surface area (Å²) in [5.41, 5.74) is 1.10. The SMILES string of the molecule is CC1(C)OC[C@H](OCc2ccccc2)[C@H](CO)O1. The summed E-state index contributed by atoms with van der Waals surface area (Å²) in [6.45, 7) is 4.54. The van der Waals surface area contributed by atoms with Crippen LogP contribution in [0.4, 0.5) is 0 Å². The Morgan fingerprint density at radius 1 is 1.33 bits per heavy atom. The first kappa shape index (κ1) is 13.5. The van der Waals surface area contributed by atoms with Crippen LogP contribution in [-0.2, 0) is 20.8 Å². The van der Waals surface area contributed by atoms with Gasteiger partial charge in [-0.1, -0.05) is 30.3 Å². The lowest BCUT2D eigenvalue weighted by Crippen LogP contribution is -2.51. The first-order valence-electron chi connectivity index (χ1n) is 6.19. The Bertz CT molecular complexity index is 363. The fraction of sp³-hybridized carbons (Fsp3) is 0.571. The molecule has 0 spiro atoms. The van der Waals surface area contributed by atoms with Gasteiger partial charge in [0, 0.05) is 0 Å². The number of benzene rings is 1. The molecule has 1 aliphatic rings. The minimum atomic E-state index is -0.653. The monoisotopic (exact) mass is 252 g/mol. The third-order valence-electron chi connectivity index (χ3n) is 2.93. The number of aliphatic hydroxyl groups is 1. The molecule has 100 valence electrons. The topological polar surface area (TPSA) is 47.9 Å². The van der Waals surface area contributed by atoms with E-state index in [1.165, 1.54) is 0 Å². The molecule has 2 rings (SSSR count). The molecule has 0 unspecified atom stereocenters. The Hall–Kier alpha value is -0.940. The maximum absolute atomic E-state index is 9.33. The van der Waals surface area contributed by atoms with Crippen molar-refractivity contribution in [1.82, 2.24) is 0 Å². The summed E-state index contributed by atoms with van der Waals surface area (Å²) in [5.74, 6) is -0.653. The van der Waals surface area contributed by atoms with Crippen LogP contribution in [0.15, 0.2) is 30.3 Å². The summed E-state index contributed by atoms with van der Waals surface area (Å²) in [5, 5.41) is 9.33. The van der Waals surface area contributed by atoms with Crippen LogP contribution in [0.1, 0.15) is 19.4 Å². The van der Waals surface area contributed by atoms with E-state index in [0.29, 0.717) is 13.2 Å². The van der Waals surface area contributed by atoms with Gasteiger partial charge in [-0.25, -0.2) is 0 Å². The molecular formula is C14H20O4. The number of hydrogen-bond acceptors (Lipinski definition) is 4. The van der Waals surface area contributed by atoms with E-state index in [-0.39, 0.29) is 18.8 Å². The van der Waals surface area contributed by atoms with Gasteiger partial charge in [0.1, 0.15) is 12.2 Å². The average Bonchev–Trinajstić information content (AvgIpc) is 2.37. The summed E-state index contributed by atoms with van der Waals surface area (Å²) in [4.78, 5) is 0. The lowest BCUT2D eigenvalue weighted by molar-refractivity contribution is -0.316. The normalized spacial score (nSPS) is 27.1. The zero-order valence-electron chi connectivity index (χ0n) is 10.8. The first-order chi connectivity index (χ1) is 8.61. The maximum Gasteiger partial charge on any atom is 0.163 e. The van der Waals surface area contributed by atoms with E-state index < -0.39 is 5.79 Å². The lowest BCUT2D eigenvalue weighted by atomic mass is 10.1. The number of ether oxygens (including phenoxy) is 3. The van der Waals surface area contributed by atoms with E-state index in [0.717, 1.165) is 5.56 Å². The molecule has 1 aliphatic heterocycles. The van der Waals surface area contributed by atoms with E-state index in [1.807, 2.05) is 44.2 Å². The van der Waals surface area contributed by atoms with Gasteiger partial charge in [-0.05, 0) is 19.4 Å². The molecule has 1 aromatic rings. The molecule has 0 aliphatic carbocycles. The molecule has 0 amide bonds. The predicted molar refractivity (Wildman–Crippen MR) is 67.0 cm³/mol. The van der Waals surface area contributed by atoms with Crippen molar-refractivity contribution in [3.8, 4) is 0 Å². The van der Waals surface area contributed by atoms with Gasteiger partial charge in [0.05, 0.1) is 19.8 Å². The smallest absolute Gasteiger partial charge is 0.163 e. The van der Waals surface area contributed by atoms with Crippen LogP contribution in [0.25, 0.3) is 0 Å². The maximum atomic E-state index is 9.33. The molecule has 1 fully saturated rings. The van der Waals surface area contributed by atoms with Crippen molar-refractivity contribution in [2.45, 2.75) is 38.4 Å². The Morgan fingerprint density at radius 2 is 2.06 bits per heavy atom. The van der Waals surface area contributed by atoms with Crippen LogP contribution >= 0.6 is 0 Å². The molecular weight excluding hydrogens is 232 g/mol. The van der Waals surface area contributed by atoms with Crippen LogP contribution in [0, 0.1) is 0 Å². The van der Waals surface area contributed by atoms with Crippen molar-refractivity contribution in [2.75, 3.05) is 13.2 Å². The van der Waals surface area contributed by atoms with Crippen molar-refractivity contribution in [3.05, 3.63) is 35.9 Å². The summed E-state index contributed by atoms with van der Waals surface area (Å²) in [7, 11) is 0. The molecule has 1 saturated heterocycles. The van der Waals surface area contributed by atoms with Crippen LogP contribution in [-0.4, -0.2) is 36.3 Å². The minimum Gasteiger partial charge on any atom is -0.394 e. The Morgan fingerprint density at radius 3 is 2.72 bits per heavy atom. The highest BCUT2D eigenvalue weighted by Crippen LogP contribution is 2.24. The van der Waals surface area contributed by atoms with Crippen molar-refractivity contribution in [2.24, 2.45) is 0 Å². The average molecular weight is 252 g/mol. The predicted octanol–water partition coefficient (Wildman–Crippen LogP) is 1.72. The highest BCUT2D eigenvalue weighted by atomic mass is 16.7. The van der Waals surface area contributed by atoms with Crippen LogP contribution in [0.5, 0.6) is 0 Å². The second-order valence-corrected chi connectivity index (χ2v) is 4.88. The van der Waals surface area contributed by atoms with Crippen molar-refractivity contribution in [1.29, 1.82) is 0 Å². The first-order valence-corrected chi connectivity index (χ1v) is 6.19. The summed E-state index contributed by atoms with van der Waals surface area (Å²) in [6, 6.07) is 9.92. The van der Waals surface area contributed by atoms with Crippen molar-refractivity contribution in [3.63, 3.8) is 0 Å². The molecule has 4 heteroatoms. The molecule has 0 aromatic heterocycles. The number of aliphatic hydroxyl groups excluding tert-OH is 1. The van der Waals surface area contributed by atoms with E-state index in [4.69, 9.17) is 14.2 Å². The van der Waals surface area contributed by atoms with E-state index in [1.54, 1.807) is 0 Å². The molecule has 1 N–H and O–H groups in total. The van der Waals surface area contributed by atoms with Gasteiger partial charge in [0.25, 0.3) is 0 Å². The largest absolute Gasteiger partial charge is 0.394 e. The molecule has 0 bridgehead atoms. The fourth-order valence-electron chi connectivity index (χ4n) is 1.95. The second-order valence-electron chi connectivity index (χ2n) is 4.88. The highest BCUT2D eigenvalue weighted by molar-refractivity contribution is 5.13. The molecule has 1 heterocycles. The fourth-order valence-corrected chi connectivity index (χ4v) is 1.95. The van der Waals surface area contributed by atoms with Gasteiger partial charge < -0.3 is 19.3 Å². The van der Waals surface area contributed by atoms with Gasteiger partial charge in [0.2, 0.25) is 0 Å². The third kappa shape index (κ3) is 3.53. The third-order valence-corrected chi connectivity index (χ3v) is 2.93. The van der Waals surface area contributed by atoms with Gasteiger partial charge in [-0.3, -0.25) is 0 Å². The zero-order chi connectivity index (χ0) is 13.0. The summed E-state index contributed by atoms with van der Waals surface area (Å²) >= 11 is 0. The van der Waals surface area contributed by atoms with E-state index in [9.17, 15) is 5.11 Å². The molecule has 2 atom stereocenters. The van der Waals surface area contributed by atoms with Crippen LogP contribution in [0.2, 0.25) is 0 Å². The second kappa shape index (κ2) is 5.80. The van der Waals surface area contributed by atoms with Gasteiger partial charge in [-0.15, -0.1) is 0 Å². The molecule has 4 nitrogen and oxygen atoms in total. The Balaban J connectivity index is 1.89. The summed E-state index contributed by atoms with van der Waals surface area (Å²) in [6.07, 6.45) is -0.569. The minimum absolute atomic E-state index is 0.0632. The van der Waals surface area contributed by atoms with Gasteiger partial charge in [0.15, 0.2) is 5.79 Å². The number of hydrogen-bond donors (Lipinski definition) is 1. The van der Waals surface area contributed by atoms with Crippen LogP contribution < -0.4 is 0 Å². The molecule has 1 aromatic carbocycles. The Kier molecular flexibility index (Phi) is 4.35. The van der Waals surface area contributed by atoms with Gasteiger partial charge in [-0.2, -0.15) is 0 Å². The lowest BCUT2D eigenvalue weighted by Gasteiger charge is -2.40. The molecule has 0 saturated carbocycles. The molecule has 0 radical (unpaired) electrons.